The first-order valence-corrected chi connectivity index (χ1v) is 8.95. The van der Waals surface area contributed by atoms with Crippen molar-refractivity contribution in [2.24, 2.45) is 0 Å². The molecule has 0 amide bonds. The molecule has 0 bridgehead atoms. The molecule has 0 heterocycles. The predicted octanol–water partition coefficient (Wildman–Crippen LogP) is 5.44. The van der Waals surface area contributed by atoms with Crippen molar-refractivity contribution in [2.45, 2.75) is 19.3 Å². The summed E-state index contributed by atoms with van der Waals surface area (Å²) >= 11 is 11.9. The molecule has 9 heteroatoms. The van der Waals surface area contributed by atoms with Crippen molar-refractivity contribution in [3.8, 4) is 11.5 Å². The average Bonchev–Trinajstić information content (AvgIpc) is 2.63. The van der Waals surface area contributed by atoms with Gasteiger partial charge in [0.05, 0.1) is 9.95 Å². The third-order valence-electron chi connectivity index (χ3n) is 4.14. The van der Waals surface area contributed by atoms with E-state index < -0.39 is 22.2 Å². The number of hydrogen-bond acceptors (Lipinski definition) is 6. The summed E-state index contributed by atoms with van der Waals surface area (Å²) in [6.45, 7) is 0. The van der Waals surface area contributed by atoms with Crippen LogP contribution in [0.1, 0.15) is 29.6 Å². The summed E-state index contributed by atoms with van der Waals surface area (Å²) in [5, 5.41) is 21.8. The third kappa shape index (κ3) is 4.00. The molecule has 0 aromatic heterocycles. The average molecular weight is 422 g/mol. The summed E-state index contributed by atoms with van der Waals surface area (Å²) in [7, 11) is 0. The van der Waals surface area contributed by atoms with E-state index in [1.807, 2.05) is 0 Å². The maximum atomic E-state index is 12.7. The van der Waals surface area contributed by atoms with E-state index in [1.54, 1.807) is 0 Å². The lowest BCUT2D eigenvalue weighted by atomic mass is 9.90. The van der Waals surface area contributed by atoms with Gasteiger partial charge in [-0.15, -0.1) is 0 Å². The number of allylic oxidation sites excluding steroid dienone is 2. The van der Waals surface area contributed by atoms with E-state index in [0.717, 1.165) is 12.1 Å². The Balaban J connectivity index is 2.03. The zero-order valence-electron chi connectivity index (χ0n) is 14.3. The summed E-state index contributed by atoms with van der Waals surface area (Å²) in [5.74, 6) is -1.58. The first-order valence-electron chi connectivity index (χ1n) is 8.19. The summed E-state index contributed by atoms with van der Waals surface area (Å²) in [4.78, 5) is 35.4. The van der Waals surface area contributed by atoms with Gasteiger partial charge in [0.25, 0.3) is 0 Å². The Morgan fingerprint density at radius 3 is 2.50 bits per heavy atom. The van der Waals surface area contributed by atoms with Crippen LogP contribution in [0.2, 0.25) is 10.0 Å². The van der Waals surface area contributed by atoms with E-state index in [0.29, 0.717) is 11.4 Å². The smallest absolute Gasteiger partial charge is 0.311 e. The zero-order valence-corrected chi connectivity index (χ0v) is 15.8. The van der Waals surface area contributed by atoms with Gasteiger partial charge in [-0.25, -0.2) is 0 Å². The molecule has 144 valence electrons. The highest BCUT2D eigenvalue weighted by molar-refractivity contribution is 6.35. The second-order valence-corrected chi connectivity index (χ2v) is 6.89. The van der Waals surface area contributed by atoms with Gasteiger partial charge in [0.2, 0.25) is 5.75 Å². The summed E-state index contributed by atoms with van der Waals surface area (Å²) in [5.41, 5.74) is -0.714. The molecule has 1 aliphatic carbocycles. The molecular formula is C19H13Cl2NO6. The molecule has 0 fully saturated rings. The van der Waals surface area contributed by atoms with Gasteiger partial charge in [0.15, 0.2) is 11.6 Å². The van der Waals surface area contributed by atoms with Crippen LogP contribution in [0, 0.1) is 10.1 Å². The van der Waals surface area contributed by atoms with Crippen LogP contribution in [0.4, 0.5) is 5.69 Å². The van der Waals surface area contributed by atoms with E-state index >= 15 is 0 Å². The number of ether oxygens (including phenoxy) is 1. The third-order valence-corrected chi connectivity index (χ3v) is 4.67. The van der Waals surface area contributed by atoms with E-state index in [-0.39, 0.29) is 46.3 Å². The molecule has 7 nitrogen and oxygen atoms in total. The maximum absolute atomic E-state index is 12.7. The van der Waals surface area contributed by atoms with Gasteiger partial charge in [-0.3, -0.25) is 19.7 Å². The molecule has 1 N–H and O–H groups in total. The van der Waals surface area contributed by atoms with Gasteiger partial charge in [0.1, 0.15) is 17.1 Å². The first-order chi connectivity index (χ1) is 13.3. The number of nitro groups is 1. The minimum absolute atomic E-state index is 0.0255. The number of halogens is 2. The fourth-order valence-electron chi connectivity index (χ4n) is 2.79. The minimum atomic E-state index is -0.718. The molecule has 0 saturated carbocycles. The molecule has 1 aliphatic rings. The number of aliphatic hydroxyl groups excluding tert-OH is 1. The number of benzene rings is 2. The summed E-state index contributed by atoms with van der Waals surface area (Å²) in [6, 6.07) is 7.78. The SMILES string of the molecule is O=C1CCCC(O)=C1C(=O)c1ccc([N+](=O)[O-])c(Oc2ccc(Cl)cc2Cl)c1. The number of nitrogens with zero attached hydrogens (tertiary/aromatic N) is 1. The molecule has 0 radical (unpaired) electrons. The quantitative estimate of drug-likeness (QED) is 0.298. The minimum Gasteiger partial charge on any atom is -0.511 e. The Hall–Kier alpha value is -2.90. The van der Waals surface area contributed by atoms with Gasteiger partial charge in [-0.1, -0.05) is 23.2 Å². The van der Waals surface area contributed by atoms with Crippen LogP contribution in [0.15, 0.2) is 47.7 Å². The molecule has 0 aliphatic heterocycles. The van der Waals surface area contributed by atoms with Crippen molar-refractivity contribution in [1.29, 1.82) is 0 Å². The highest BCUT2D eigenvalue weighted by Crippen LogP contribution is 2.37. The van der Waals surface area contributed by atoms with Crippen molar-refractivity contribution >= 4 is 40.5 Å². The summed E-state index contributed by atoms with van der Waals surface area (Å²) in [6.07, 6.45) is 0.844. The van der Waals surface area contributed by atoms with Crippen LogP contribution in [0.5, 0.6) is 11.5 Å². The van der Waals surface area contributed by atoms with Crippen molar-refractivity contribution in [2.75, 3.05) is 0 Å². The normalized spacial score (nSPS) is 14.1. The standard InChI is InChI=1S/C19H13Cl2NO6/c20-11-5-7-16(12(21)9-11)28-17-8-10(4-6-13(17)22(26)27)19(25)18-14(23)2-1-3-15(18)24/h4-9,23H,1-3H2. The Labute approximate surface area is 169 Å². The monoisotopic (exact) mass is 421 g/mol. The number of carbonyl (C=O) groups excluding carboxylic acids is 2. The number of hydrogen-bond donors (Lipinski definition) is 1. The van der Waals surface area contributed by atoms with E-state index in [1.165, 1.54) is 24.3 Å². The number of carbonyl (C=O) groups is 2. The lowest BCUT2D eigenvalue weighted by molar-refractivity contribution is -0.385. The lowest BCUT2D eigenvalue weighted by Gasteiger charge is -2.15. The second kappa shape index (κ2) is 8.00. The molecular weight excluding hydrogens is 409 g/mol. The molecule has 0 saturated heterocycles. The molecule has 0 atom stereocenters. The molecule has 3 rings (SSSR count). The van der Waals surface area contributed by atoms with E-state index in [9.17, 15) is 24.8 Å². The van der Waals surface area contributed by atoms with Crippen molar-refractivity contribution in [3.63, 3.8) is 0 Å². The lowest BCUT2D eigenvalue weighted by Crippen LogP contribution is -2.19. The Morgan fingerprint density at radius 2 is 1.86 bits per heavy atom. The van der Waals surface area contributed by atoms with Crippen LogP contribution in [-0.2, 0) is 4.79 Å². The Kier molecular flexibility index (Phi) is 5.67. The van der Waals surface area contributed by atoms with Gasteiger partial charge < -0.3 is 9.84 Å². The Morgan fingerprint density at radius 1 is 1.11 bits per heavy atom. The van der Waals surface area contributed by atoms with Gasteiger partial charge in [0, 0.05) is 29.5 Å². The zero-order chi connectivity index (χ0) is 20.4. The van der Waals surface area contributed by atoms with Crippen LogP contribution in [0.25, 0.3) is 0 Å². The van der Waals surface area contributed by atoms with Gasteiger partial charge in [-0.2, -0.15) is 0 Å². The number of rotatable bonds is 5. The first kappa shape index (κ1) is 19.9. The van der Waals surface area contributed by atoms with Crippen LogP contribution in [-0.4, -0.2) is 21.6 Å². The van der Waals surface area contributed by atoms with Crippen molar-refractivity contribution in [1.82, 2.24) is 0 Å². The fraction of sp³-hybridized carbons (Fsp3) is 0.158. The number of Topliss-reactive ketones (excluding diaryl/α,β-unsaturated/α-hetero) is 2. The van der Waals surface area contributed by atoms with E-state index in [2.05, 4.69) is 0 Å². The predicted molar refractivity (Wildman–Crippen MR) is 102 cm³/mol. The van der Waals surface area contributed by atoms with Crippen LogP contribution >= 0.6 is 23.2 Å². The highest BCUT2D eigenvalue weighted by Gasteiger charge is 2.29. The molecule has 0 unspecified atom stereocenters. The molecule has 2 aromatic carbocycles. The van der Waals surface area contributed by atoms with Crippen LogP contribution < -0.4 is 4.74 Å². The van der Waals surface area contributed by atoms with Gasteiger partial charge >= 0.3 is 5.69 Å². The molecule has 28 heavy (non-hydrogen) atoms. The molecule has 0 spiro atoms. The molecule has 2 aromatic rings. The highest BCUT2D eigenvalue weighted by atomic mass is 35.5. The summed E-state index contributed by atoms with van der Waals surface area (Å²) < 4.78 is 5.54. The maximum Gasteiger partial charge on any atom is 0.311 e. The number of nitro benzene ring substituents is 1. The largest absolute Gasteiger partial charge is 0.511 e. The Bertz CT molecular complexity index is 1030. The van der Waals surface area contributed by atoms with Gasteiger partial charge in [-0.05, 0) is 36.8 Å². The van der Waals surface area contributed by atoms with Crippen LogP contribution in [0.3, 0.4) is 0 Å². The number of ketones is 2. The van der Waals surface area contributed by atoms with Crippen molar-refractivity contribution in [3.05, 3.63) is 73.5 Å². The number of aliphatic hydroxyl groups is 1. The fourth-order valence-corrected chi connectivity index (χ4v) is 3.24. The topological polar surface area (TPSA) is 107 Å². The second-order valence-electron chi connectivity index (χ2n) is 6.04. The van der Waals surface area contributed by atoms with E-state index in [4.69, 9.17) is 27.9 Å². The van der Waals surface area contributed by atoms with Crippen molar-refractivity contribution < 1.29 is 24.4 Å².